The molecule has 0 bridgehead atoms. The highest BCUT2D eigenvalue weighted by Gasteiger charge is 2.20. The van der Waals surface area contributed by atoms with E-state index in [4.69, 9.17) is 0 Å². The van der Waals surface area contributed by atoms with Crippen LogP contribution in [0.2, 0.25) is 0 Å². The number of carbonyl (C=O) groups is 1. The summed E-state index contributed by atoms with van der Waals surface area (Å²) in [6.07, 6.45) is 7.55. The Labute approximate surface area is 156 Å². The van der Waals surface area contributed by atoms with Gasteiger partial charge in [0.2, 0.25) is 5.91 Å². The SMILES string of the molecule is O=C(CCc1ccccn1)N[C@@H]1CCCN(CCCc2ccccc2)C1. The number of rotatable bonds is 8. The van der Waals surface area contributed by atoms with Crippen molar-refractivity contribution in [2.45, 2.75) is 44.6 Å². The van der Waals surface area contributed by atoms with Gasteiger partial charge in [-0.2, -0.15) is 0 Å². The zero-order chi connectivity index (χ0) is 18.0. The van der Waals surface area contributed by atoms with Crippen LogP contribution < -0.4 is 5.32 Å². The Morgan fingerprint density at radius 1 is 1.12 bits per heavy atom. The molecule has 0 radical (unpaired) electrons. The van der Waals surface area contributed by atoms with Crippen LogP contribution in [0.4, 0.5) is 0 Å². The number of aromatic nitrogens is 1. The number of hydrogen-bond donors (Lipinski definition) is 1. The number of nitrogens with one attached hydrogen (secondary N) is 1. The number of amides is 1. The zero-order valence-electron chi connectivity index (χ0n) is 15.4. The summed E-state index contributed by atoms with van der Waals surface area (Å²) in [5.74, 6) is 0.145. The first-order chi connectivity index (χ1) is 12.8. The summed E-state index contributed by atoms with van der Waals surface area (Å²) in [6, 6.07) is 16.8. The molecule has 1 aliphatic rings. The monoisotopic (exact) mass is 351 g/mol. The van der Waals surface area contributed by atoms with Crippen LogP contribution in [0.15, 0.2) is 54.7 Å². The van der Waals surface area contributed by atoms with Gasteiger partial charge in [-0.05, 0) is 62.9 Å². The molecule has 2 aromatic rings. The molecule has 4 nitrogen and oxygen atoms in total. The maximum absolute atomic E-state index is 12.2. The zero-order valence-corrected chi connectivity index (χ0v) is 15.4. The maximum atomic E-state index is 12.2. The van der Waals surface area contributed by atoms with E-state index in [2.05, 4.69) is 45.5 Å². The van der Waals surface area contributed by atoms with Gasteiger partial charge in [0.15, 0.2) is 0 Å². The van der Waals surface area contributed by atoms with Crippen LogP contribution in [0.25, 0.3) is 0 Å². The van der Waals surface area contributed by atoms with Crippen LogP contribution in [-0.2, 0) is 17.6 Å². The number of piperidine rings is 1. The van der Waals surface area contributed by atoms with Gasteiger partial charge in [0.25, 0.3) is 0 Å². The van der Waals surface area contributed by atoms with Gasteiger partial charge in [0, 0.05) is 30.9 Å². The van der Waals surface area contributed by atoms with E-state index in [0.717, 1.165) is 44.6 Å². The fourth-order valence-corrected chi connectivity index (χ4v) is 3.62. The number of pyridine rings is 1. The molecule has 1 aromatic carbocycles. The van der Waals surface area contributed by atoms with Crippen LogP contribution in [0.1, 0.15) is 36.9 Å². The summed E-state index contributed by atoms with van der Waals surface area (Å²) in [5.41, 5.74) is 2.39. The van der Waals surface area contributed by atoms with Gasteiger partial charge in [-0.25, -0.2) is 0 Å². The minimum atomic E-state index is 0.145. The lowest BCUT2D eigenvalue weighted by Gasteiger charge is -2.33. The normalized spacial score (nSPS) is 17.8. The first-order valence-corrected chi connectivity index (χ1v) is 9.75. The van der Waals surface area contributed by atoms with E-state index in [1.54, 1.807) is 6.20 Å². The molecule has 0 aliphatic carbocycles. The maximum Gasteiger partial charge on any atom is 0.220 e. The fourth-order valence-electron chi connectivity index (χ4n) is 3.62. The average Bonchev–Trinajstić information content (AvgIpc) is 2.68. The van der Waals surface area contributed by atoms with E-state index >= 15 is 0 Å². The van der Waals surface area contributed by atoms with Gasteiger partial charge in [-0.1, -0.05) is 36.4 Å². The summed E-state index contributed by atoms with van der Waals surface area (Å²) >= 11 is 0. The van der Waals surface area contributed by atoms with Crippen molar-refractivity contribution >= 4 is 5.91 Å². The lowest BCUT2D eigenvalue weighted by Crippen LogP contribution is -2.48. The largest absolute Gasteiger partial charge is 0.352 e. The molecule has 1 amide bonds. The summed E-state index contributed by atoms with van der Waals surface area (Å²) in [5, 5.41) is 3.22. The molecule has 26 heavy (non-hydrogen) atoms. The third-order valence-corrected chi connectivity index (χ3v) is 4.99. The first kappa shape index (κ1) is 18.6. The molecule has 138 valence electrons. The topological polar surface area (TPSA) is 45.2 Å². The van der Waals surface area contributed by atoms with Gasteiger partial charge in [-0.15, -0.1) is 0 Å². The van der Waals surface area contributed by atoms with Gasteiger partial charge in [0.1, 0.15) is 0 Å². The molecule has 1 N–H and O–H groups in total. The van der Waals surface area contributed by atoms with E-state index in [0.29, 0.717) is 12.8 Å². The average molecular weight is 351 g/mol. The van der Waals surface area contributed by atoms with Crippen LogP contribution in [-0.4, -0.2) is 41.5 Å². The minimum Gasteiger partial charge on any atom is -0.352 e. The van der Waals surface area contributed by atoms with E-state index < -0.39 is 0 Å². The van der Waals surface area contributed by atoms with Gasteiger partial charge < -0.3 is 10.2 Å². The van der Waals surface area contributed by atoms with Crippen LogP contribution in [0.5, 0.6) is 0 Å². The quantitative estimate of drug-likeness (QED) is 0.794. The molecular formula is C22H29N3O. The molecule has 0 spiro atoms. The molecule has 3 rings (SSSR count). The third kappa shape index (κ3) is 6.26. The summed E-state index contributed by atoms with van der Waals surface area (Å²) in [7, 11) is 0. The van der Waals surface area contributed by atoms with Crippen molar-refractivity contribution in [3.63, 3.8) is 0 Å². The van der Waals surface area contributed by atoms with Crippen molar-refractivity contribution in [2.24, 2.45) is 0 Å². The summed E-state index contributed by atoms with van der Waals surface area (Å²) in [6.45, 7) is 3.23. The summed E-state index contributed by atoms with van der Waals surface area (Å²) < 4.78 is 0. The Kier molecular flexibility index (Phi) is 7.20. The van der Waals surface area contributed by atoms with Gasteiger partial charge in [-0.3, -0.25) is 9.78 Å². The molecular weight excluding hydrogens is 322 g/mol. The Bertz CT molecular complexity index is 660. The standard InChI is InChI=1S/C22H29N3O/c26-22(14-13-20-11-4-5-15-23-20)24-21-12-7-17-25(18-21)16-6-10-19-8-2-1-3-9-19/h1-5,8-9,11,15,21H,6-7,10,12-14,16-18H2,(H,24,26)/t21-/m1/s1. The summed E-state index contributed by atoms with van der Waals surface area (Å²) in [4.78, 5) is 19.0. The van der Waals surface area contributed by atoms with Gasteiger partial charge in [0.05, 0.1) is 0 Å². The Hall–Kier alpha value is -2.20. The molecule has 1 aromatic heterocycles. The van der Waals surface area contributed by atoms with E-state index in [9.17, 15) is 4.79 Å². The molecule has 1 aliphatic heterocycles. The smallest absolute Gasteiger partial charge is 0.220 e. The molecule has 2 heterocycles. The first-order valence-electron chi connectivity index (χ1n) is 9.75. The molecule has 0 saturated carbocycles. The van der Waals surface area contributed by atoms with E-state index in [-0.39, 0.29) is 11.9 Å². The Balaban J connectivity index is 1.35. The predicted octanol–water partition coefficient (Wildman–Crippen LogP) is 3.23. The third-order valence-electron chi connectivity index (χ3n) is 4.99. The van der Waals surface area contributed by atoms with E-state index in [1.807, 2.05) is 18.2 Å². The number of likely N-dealkylation sites (tertiary alicyclic amines) is 1. The molecule has 4 heteroatoms. The lowest BCUT2D eigenvalue weighted by atomic mass is 10.0. The van der Waals surface area contributed by atoms with Crippen LogP contribution >= 0.6 is 0 Å². The van der Waals surface area contributed by atoms with Crippen LogP contribution in [0, 0.1) is 0 Å². The second-order valence-corrected chi connectivity index (χ2v) is 7.12. The number of nitrogens with zero attached hydrogens (tertiary/aromatic N) is 2. The molecule has 1 fully saturated rings. The van der Waals surface area contributed by atoms with Crippen molar-refractivity contribution < 1.29 is 4.79 Å². The van der Waals surface area contributed by atoms with Crippen LogP contribution in [0.3, 0.4) is 0 Å². The minimum absolute atomic E-state index is 0.145. The molecule has 0 unspecified atom stereocenters. The molecule has 1 atom stereocenters. The number of hydrogen-bond acceptors (Lipinski definition) is 3. The van der Waals surface area contributed by atoms with Crippen molar-refractivity contribution in [2.75, 3.05) is 19.6 Å². The lowest BCUT2D eigenvalue weighted by molar-refractivity contribution is -0.122. The number of aryl methyl sites for hydroxylation is 2. The Morgan fingerprint density at radius 3 is 2.77 bits per heavy atom. The van der Waals surface area contributed by atoms with Crippen molar-refractivity contribution in [3.05, 3.63) is 66.0 Å². The molecule has 1 saturated heterocycles. The predicted molar refractivity (Wildman–Crippen MR) is 105 cm³/mol. The van der Waals surface area contributed by atoms with E-state index in [1.165, 1.54) is 12.0 Å². The van der Waals surface area contributed by atoms with Crippen molar-refractivity contribution in [1.29, 1.82) is 0 Å². The highest BCUT2D eigenvalue weighted by atomic mass is 16.1. The van der Waals surface area contributed by atoms with Crippen molar-refractivity contribution in [1.82, 2.24) is 15.2 Å². The number of carbonyl (C=O) groups excluding carboxylic acids is 1. The fraction of sp³-hybridized carbons (Fsp3) is 0.455. The second-order valence-electron chi connectivity index (χ2n) is 7.12. The van der Waals surface area contributed by atoms with Gasteiger partial charge >= 0.3 is 0 Å². The Morgan fingerprint density at radius 2 is 1.96 bits per heavy atom. The number of benzene rings is 1. The highest BCUT2D eigenvalue weighted by Crippen LogP contribution is 2.12. The highest BCUT2D eigenvalue weighted by molar-refractivity contribution is 5.76. The second kappa shape index (κ2) is 10.1. The van der Waals surface area contributed by atoms with Crippen molar-refractivity contribution in [3.8, 4) is 0 Å².